The Labute approximate surface area is 104 Å². The number of methoxy groups -OCH3 is 1. The summed E-state index contributed by atoms with van der Waals surface area (Å²) in [6.45, 7) is 2.20. The van der Waals surface area contributed by atoms with Crippen LogP contribution in [0.2, 0.25) is 0 Å². The molecule has 0 spiro atoms. The lowest BCUT2D eigenvalue weighted by molar-refractivity contribution is 0.406. The smallest absolute Gasteiger partial charge is 0.124 e. The minimum Gasteiger partial charge on any atom is -0.496 e. The molecule has 0 aliphatic carbocycles. The van der Waals surface area contributed by atoms with E-state index in [9.17, 15) is 0 Å². The minimum atomic E-state index is 0.611. The third kappa shape index (κ3) is 2.39. The van der Waals surface area contributed by atoms with E-state index in [4.69, 9.17) is 4.74 Å². The molecule has 0 bridgehead atoms. The molecule has 1 aromatic rings. The predicted molar refractivity (Wildman–Crippen MR) is 72.2 cm³/mol. The molecule has 1 aliphatic heterocycles. The Kier molecular flexibility index (Phi) is 3.89. The Hall–Kier alpha value is -1.22. The van der Waals surface area contributed by atoms with Crippen LogP contribution in [-0.4, -0.2) is 34.3 Å². The Balaban J connectivity index is 2.19. The van der Waals surface area contributed by atoms with Crippen molar-refractivity contribution < 1.29 is 4.74 Å². The lowest BCUT2D eigenvalue weighted by Gasteiger charge is -2.13. The number of benzene rings is 1. The molecule has 94 valence electrons. The first kappa shape index (κ1) is 12.2. The maximum Gasteiger partial charge on any atom is 0.124 e. The second-order valence-electron chi connectivity index (χ2n) is 4.72. The zero-order valence-corrected chi connectivity index (χ0v) is 11.0. The van der Waals surface area contributed by atoms with Crippen LogP contribution in [0, 0.1) is 0 Å². The van der Waals surface area contributed by atoms with Gasteiger partial charge >= 0.3 is 0 Å². The van der Waals surface area contributed by atoms with Gasteiger partial charge in [0.15, 0.2) is 0 Å². The molecule has 0 saturated carbocycles. The highest BCUT2D eigenvalue weighted by molar-refractivity contribution is 5.64. The molecule has 2 rings (SSSR count). The molecule has 0 amide bonds. The van der Waals surface area contributed by atoms with Gasteiger partial charge in [-0.05, 0) is 38.6 Å². The van der Waals surface area contributed by atoms with Crippen LogP contribution in [0.25, 0.3) is 0 Å². The highest BCUT2D eigenvalue weighted by Crippen LogP contribution is 2.43. The topological polar surface area (TPSA) is 24.5 Å². The maximum absolute atomic E-state index is 5.50. The van der Waals surface area contributed by atoms with Crippen molar-refractivity contribution >= 4 is 5.69 Å². The zero-order valence-electron chi connectivity index (χ0n) is 11.0. The fourth-order valence-corrected chi connectivity index (χ4v) is 2.73. The summed E-state index contributed by atoms with van der Waals surface area (Å²) in [7, 11) is 5.93. The van der Waals surface area contributed by atoms with E-state index in [0.29, 0.717) is 5.92 Å². The monoisotopic (exact) mass is 234 g/mol. The number of likely N-dealkylation sites (N-methyl/N-ethyl adjacent to an activating group) is 1. The second-order valence-corrected chi connectivity index (χ2v) is 4.72. The highest BCUT2D eigenvalue weighted by atomic mass is 16.5. The average molecular weight is 234 g/mol. The molecular weight excluding hydrogens is 212 g/mol. The number of fused-ring (bicyclic) bond motifs is 1. The normalized spacial score (nSPS) is 18.3. The van der Waals surface area contributed by atoms with E-state index in [0.717, 1.165) is 18.8 Å². The molecule has 1 N–H and O–H groups in total. The third-order valence-corrected chi connectivity index (χ3v) is 3.56. The van der Waals surface area contributed by atoms with Gasteiger partial charge in [0, 0.05) is 30.8 Å². The van der Waals surface area contributed by atoms with Crippen LogP contribution >= 0.6 is 0 Å². The molecule has 1 aromatic carbocycles. The van der Waals surface area contributed by atoms with Crippen LogP contribution in [-0.2, 0) is 0 Å². The Bertz CT molecular complexity index is 378. The molecule has 1 unspecified atom stereocenters. The fourth-order valence-electron chi connectivity index (χ4n) is 2.73. The number of anilines is 1. The molecule has 3 heteroatoms. The summed E-state index contributed by atoms with van der Waals surface area (Å²) in [4.78, 5) is 2.34. The first-order valence-corrected chi connectivity index (χ1v) is 6.30. The Morgan fingerprint density at radius 2 is 2.29 bits per heavy atom. The van der Waals surface area contributed by atoms with E-state index in [-0.39, 0.29) is 0 Å². The molecule has 1 heterocycles. The van der Waals surface area contributed by atoms with E-state index in [1.54, 1.807) is 7.11 Å². The van der Waals surface area contributed by atoms with Gasteiger partial charge in [-0.1, -0.05) is 6.07 Å². The fraction of sp³-hybridized carbons (Fsp3) is 0.571. The van der Waals surface area contributed by atoms with Crippen molar-refractivity contribution in [1.29, 1.82) is 0 Å². The first-order valence-electron chi connectivity index (χ1n) is 6.30. The van der Waals surface area contributed by atoms with E-state index in [2.05, 4.69) is 35.5 Å². The van der Waals surface area contributed by atoms with Gasteiger partial charge in [-0.25, -0.2) is 0 Å². The summed E-state index contributed by atoms with van der Waals surface area (Å²) in [6, 6.07) is 6.34. The molecule has 1 aliphatic rings. The van der Waals surface area contributed by atoms with Crippen molar-refractivity contribution in [3.05, 3.63) is 23.8 Å². The van der Waals surface area contributed by atoms with Gasteiger partial charge in [0.1, 0.15) is 5.75 Å². The largest absolute Gasteiger partial charge is 0.496 e. The Morgan fingerprint density at radius 3 is 3.00 bits per heavy atom. The van der Waals surface area contributed by atoms with Crippen molar-refractivity contribution in [3.8, 4) is 5.75 Å². The summed E-state index contributed by atoms with van der Waals surface area (Å²) in [6.07, 6.45) is 2.44. The standard InChI is InChI=1S/C14H22N2O/c1-15-9-5-6-11-10-16(2)12-7-4-8-13(17-3)14(11)12/h4,7-8,11,15H,5-6,9-10H2,1-3H3. The molecule has 3 nitrogen and oxygen atoms in total. The van der Waals surface area contributed by atoms with Crippen LogP contribution < -0.4 is 15.0 Å². The van der Waals surface area contributed by atoms with E-state index in [1.807, 2.05) is 7.05 Å². The van der Waals surface area contributed by atoms with Gasteiger partial charge in [-0.15, -0.1) is 0 Å². The summed E-state index contributed by atoms with van der Waals surface area (Å²) in [5, 5.41) is 3.21. The van der Waals surface area contributed by atoms with Crippen LogP contribution in [0.15, 0.2) is 18.2 Å². The molecule has 0 saturated heterocycles. The number of hydrogen-bond donors (Lipinski definition) is 1. The van der Waals surface area contributed by atoms with Gasteiger partial charge in [-0.3, -0.25) is 0 Å². The van der Waals surface area contributed by atoms with Crippen LogP contribution in [0.1, 0.15) is 24.3 Å². The van der Waals surface area contributed by atoms with Crippen molar-refractivity contribution in [1.82, 2.24) is 5.32 Å². The maximum atomic E-state index is 5.50. The van der Waals surface area contributed by atoms with Crippen molar-refractivity contribution in [2.75, 3.05) is 39.2 Å². The summed E-state index contributed by atoms with van der Waals surface area (Å²) >= 11 is 0. The van der Waals surface area contributed by atoms with Gasteiger partial charge < -0.3 is 15.0 Å². The number of rotatable bonds is 5. The molecule has 1 atom stereocenters. The molecule has 0 radical (unpaired) electrons. The zero-order chi connectivity index (χ0) is 12.3. The molecule has 0 aromatic heterocycles. The number of hydrogen-bond acceptors (Lipinski definition) is 3. The average Bonchev–Trinajstić information content (AvgIpc) is 2.67. The molecule has 17 heavy (non-hydrogen) atoms. The Morgan fingerprint density at radius 1 is 1.47 bits per heavy atom. The highest BCUT2D eigenvalue weighted by Gasteiger charge is 2.28. The van der Waals surface area contributed by atoms with Crippen LogP contribution in [0.3, 0.4) is 0 Å². The van der Waals surface area contributed by atoms with Gasteiger partial charge in [0.25, 0.3) is 0 Å². The van der Waals surface area contributed by atoms with E-state index >= 15 is 0 Å². The quantitative estimate of drug-likeness (QED) is 0.791. The first-order chi connectivity index (χ1) is 8.27. The van der Waals surface area contributed by atoms with Crippen LogP contribution in [0.5, 0.6) is 5.75 Å². The van der Waals surface area contributed by atoms with Crippen molar-refractivity contribution in [2.24, 2.45) is 0 Å². The summed E-state index contributed by atoms with van der Waals surface area (Å²) in [5.74, 6) is 1.65. The third-order valence-electron chi connectivity index (χ3n) is 3.56. The van der Waals surface area contributed by atoms with E-state index < -0.39 is 0 Å². The van der Waals surface area contributed by atoms with Crippen molar-refractivity contribution in [3.63, 3.8) is 0 Å². The lowest BCUT2D eigenvalue weighted by Crippen LogP contribution is -2.16. The molecular formula is C14H22N2O. The SMILES string of the molecule is CNCCCC1CN(C)c2cccc(OC)c21. The predicted octanol–water partition coefficient (Wildman–Crippen LogP) is 2.23. The van der Waals surface area contributed by atoms with E-state index in [1.165, 1.54) is 24.1 Å². The summed E-state index contributed by atoms with van der Waals surface area (Å²) < 4.78 is 5.50. The van der Waals surface area contributed by atoms with Crippen molar-refractivity contribution in [2.45, 2.75) is 18.8 Å². The van der Waals surface area contributed by atoms with Gasteiger partial charge in [0.2, 0.25) is 0 Å². The number of nitrogens with zero attached hydrogens (tertiary/aromatic N) is 1. The van der Waals surface area contributed by atoms with Gasteiger partial charge in [0.05, 0.1) is 7.11 Å². The second kappa shape index (κ2) is 5.41. The number of ether oxygens (including phenoxy) is 1. The number of nitrogens with one attached hydrogen (secondary N) is 1. The van der Waals surface area contributed by atoms with Crippen LogP contribution in [0.4, 0.5) is 5.69 Å². The minimum absolute atomic E-state index is 0.611. The van der Waals surface area contributed by atoms with Gasteiger partial charge in [-0.2, -0.15) is 0 Å². The summed E-state index contributed by atoms with van der Waals surface area (Å²) in [5.41, 5.74) is 2.73. The lowest BCUT2D eigenvalue weighted by atomic mass is 9.95. The molecule has 0 fully saturated rings.